The number of rotatable bonds is 7. The maximum atomic E-state index is 10.2. The van der Waals surface area contributed by atoms with Gasteiger partial charge in [0.15, 0.2) is 5.82 Å². The zero-order valence-corrected chi connectivity index (χ0v) is 12.4. The van der Waals surface area contributed by atoms with Crippen LogP contribution in [0.1, 0.15) is 18.3 Å². The number of nitrogens with zero attached hydrogens (tertiary/aromatic N) is 2. The van der Waals surface area contributed by atoms with Crippen molar-refractivity contribution in [1.82, 2.24) is 9.36 Å². The van der Waals surface area contributed by atoms with Gasteiger partial charge in [0.05, 0.1) is 12.1 Å². The van der Waals surface area contributed by atoms with Crippen LogP contribution in [-0.2, 0) is 17.8 Å². The first kappa shape index (κ1) is 14.9. The van der Waals surface area contributed by atoms with Crippen LogP contribution in [0, 0.1) is 0 Å². The quantitative estimate of drug-likeness (QED) is 0.818. The van der Waals surface area contributed by atoms with Crippen LogP contribution in [0.25, 0.3) is 0 Å². The number of aliphatic hydroxyl groups is 1. The zero-order chi connectivity index (χ0) is 14.4. The van der Waals surface area contributed by atoms with Crippen molar-refractivity contribution in [3.05, 3.63) is 41.7 Å². The highest BCUT2D eigenvalue weighted by Crippen LogP contribution is 2.15. The van der Waals surface area contributed by atoms with E-state index in [0.717, 1.165) is 5.56 Å². The lowest BCUT2D eigenvalue weighted by Crippen LogP contribution is -2.32. The van der Waals surface area contributed by atoms with Crippen molar-refractivity contribution in [1.29, 1.82) is 0 Å². The topological polar surface area (TPSA) is 67.3 Å². The minimum Gasteiger partial charge on any atom is -0.391 e. The van der Waals surface area contributed by atoms with Crippen LogP contribution in [0.3, 0.4) is 0 Å². The summed E-state index contributed by atoms with van der Waals surface area (Å²) in [5.41, 5.74) is 1.12. The van der Waals surface area contributed by atoms with E-state index >= 15 is 0 Å². The van der Waals surface area contributed by atoms with Crippen molar-refractivity contribution < 1.29 is 9.84 Å². The maximum absolute atomic E-state index is 10.2. The average molecular weight is 293 g/mol. The molecule has 0 radical (unpaired) electrons. The molecule has 0 bridgehead atoms. The largest absolute Gasteiger partial charge is 0.391 e. The Morgan fingerprint density at radius 2 is 2.10 bits per heavy atom. The van der Waals surface area contributed by atoms with Gasteiger partial charge in [0.1, 0.15) is 6.61 Å². The Morgan fingerprint density at radius 3 is 2.80 bits per heavy atom. The molecule has 1 aromatic carbocycles. The molecule has 0 aliphatic rings. The first-order valence-corrected chi connectivity index (χ1v) is 7.26. The van der Waals surface area contributed by atoms with E-state index in [1.165, 1.54) is 11.5 Å². The van der Waals surface area contributed by atoms with Crippen LogP contribution in [-0.4, -0.2) is 33.7 Å². The second-order valence-corrected chi connectivity index (χ2v) is 5.39. The number of aliphatic hydroxyl groups excluding tert-OH is 1. The molecule has 2 atom stereocenters. The Kier molecular flexibility index (Phi) is 5.46. The predicted octanol–water partition coefficient (Wildman–Crippen LogP) is 2.09. The fourth-order valence-electron chi connectivity index (χ4n) is 1.82. The van der Waals surface area contributed by atoms with Crippen molar-refractivity contribution in [2.45, 2.75) is 32.1 Å². The SMILES string of the molecule is COCc1nsc(NC(C)C(O)Cc2ccccc2)n1. The Balaban J connectivity index is 1.88. The maximum Gasteiger partial charge on any atom is 0.202 e. The van der Waals surface area contributed by atoms with Gasteiger partial charge in [-0.25, -0.2) is 4.98 Å². The molecule has 2 unspecified atom stereocenters. The van der Waals surface area contributed by atoms with Crippen molar-refractivity contribution in [2.75, 3.05) is 12.4 Å². The van der Waals surface area contributed by atoms with Gasteiger partial charge >= 0.3 is 0 Å². The molecular formula is C14H19N3O2S. The van der Waals surface area contributed by atoms with E-state index in [1.54, 1.807) is 7.11 Å². The molecule has 2 N–H and O–H groups in total. The molecule has 108 valence electrons. The third-order valence-electron chi connectivity index (χ3n) is 2.96. The molecule has 2 rings (SSSR count). The molecule has 6 heteroatoms. The van der Waals surface area contributed by atoms with Gasteiger partial charge in [0, 0.05) is 25.1 Å². The standard InChI is InChI=1S/C14H19N3O2S/c1-10(12(18)8-11-6-4-3-5-7-11)15-14-16-13(9-19-2)17-20-14/h3-7,10,12,18H,8-9H2,1-2H3,(H,15,16,17). The van der Waals surface area contributed by atoms with Gasteiger partial charge in [0.25, 0.3) is 0 Å². The summed E-state index contributed by atoms with van der Waals surface area (Å²) in [5.74, 6) is 0.657. The molecular weight excluding hydrogens is 274 g/mol. The Bertz CT molecular complexity index is 518. The van der Waals surface area contributed by atoms with Crippen molar-refractivity contribution >= 4 is 16.7 Å². The monoisotopic (exact) mass is 293 g/mol. The molecule has 0 aliphatic heterocycles. The fraction of sp³-hybridized carbons (Fsp3) is 0.429. The molecule has 0 amide bonds. The molecule has 0 aliphatic carbocycles. The highest BCUT2D eigenvalue weighted by atomic mass is 32.1. The number of anilines is 1. The smallest absolute Gasteiger partial charge is 0.202 e. The summed E-state index contributed by atoms with van der Waals surface area (Å²) in [4.78, 5) is 4.29. The van der Waals surface area contributed by atoms with Crippen LogP contribution in [0.2, 0.25) is 0 Å². The third-order valence-corrected chi connectivity index (χ3v) is 3.64. The second-order valence-electron chi connectivity index (χ2n) is 4.64. The molecule has 0 fully saturated rings. The average Bonchev–Trinajstić information content (AvgIpc) is 2.87. The molecule has 2 aromatic rings. The van der Waals surface area contributed by atoms with Gasteiger partial charge in [0.2, 0.25) is 5.13 Å². The summed E-state index contributed by atoms with van der Waals surface area (Å²) >= 11 is 1.28. The van der Waals surface area contributed by atoms with E-state index in [4.69, 9.17) is 4.74 Å². The number of ether oxygens (including phenoxy) is 1. The summed E-state index contributed by atoms with van der Waals surface area (Å²) in [5, 5.41) is 14.1. The van der Waals surface area contributed by atoms with E-state index < -0.39 is 6.10 Å². The van der Waals surface area contributed by atoms with Crippen LogP contribution < -0.4 is 5.32 Å². The fourth-order valence-corrected chi connectivity index (χ4v) is 2.49. The Morgan fingerprint density at radius 1 is 1.35 bits per heavy atom. The molecule has 0 spiro atoms. The minimum atomic E-state index is -0.479. The van der Waals surface area contributed by atoms with E-state index in [-0.39, 0.29) is 6.04 Å². The lowest BCUT2D eigenvalue weighted by Gasteiger charge is -2.19. The second kappa shape index (κ2) is 7.33. The van der Waals surface area contributed by atoms with Gasteiger partial charge < -0.3 is 15.2 Å². The Labute approximate surface area is 122 Å². The minimum absolute atomic E-state index is 0.0986. The number of benzene rings is 1. The summed E-state index contributed by atoms with van der Waals surface area (Å²) in [6.45, 7) is 2.34. The lowest BCUT2D eigenvalue weighted by molar-refractivity contribution is 0.158. The number of aromatic nitrogens is 2. The first-order valence-electron chi connectivity index (χ1n) is 6.49. The number of nitrogens with one attached hydrogen (secondary N) is 1. The van der Waals surface area contributed by atoms with Crippen LogP contribution in [0.4, 0.5) is 5.13 Å². The zero-order valence-electron chi connectivity index (χ0n) is 11.6. The van der Waals surface area contributed by atoms with Crippen molar-refractivity contribution in [2.24, 2.45) is 0 Å². The summed E-state index contributed by atoms with van der Waals surface area (Å²) in [7, 11) is 1.61. The number of methoxy groups -OCH3 is 1. The lowest BCUT2D eigenvalue weighted by atomic mass is 10.0. The molecule has 0 saturated heterocycles. The number of hydrogen-bond donors (Lipinski definition) is 2. The van der Waals surface area contributed by atoms with Crippen LogP contribution in [0.15, 0.2) is 30.3 Å². The molecule has 0 saturated carbocycles. The van der Waals surface area contributed by atoms with Gasteiger partial charge in [-0.2, -0.15) is 4.37 Å². The Hall–Kier alpha value is -1.50. The molecule has 1 aromatic heterocycles. The van der Waals surface area contributed by atoms with E-state index in [1.807, 2.05) is 37.3 Å². The van der Waals surface area contributed by atoms with Crippen LogP contribution >= 0.6 is 11.5 Å². The first-order chi connectivity index (χ1) is 9.69. The van der Waals surface area contributed by atoms with Crippen LogP contribution in [0.5, 0.6) is 0 Å². The third kappa shape index (κ3) is 4.26. The van der Waals surface area contributed by atoms with Gasteiger partial charge in [-0.3, -0.25) is 0 Å². The van der Waals surface area contributed by atoms with Crippen molar-refractivity contribution in [3.8, 4) is 0 Å². The van der Waals surface area contributed by atoms with E-state index in [0.29, 0.717) is 24.0 Å². The number of hydrogen-bond acceptors (Lipinski definition) is 6. The van der Waals surface area contributed by atoms with Gasteiger partial charge in [-0.15, -0.1) is 0 Å². The molecule has 5 nitrogen and oxygen atoms in total. The molecule has 1 heterocycles. The highest BCUT2D eigenvalue weighted by molar-refractivity contribution is 7.09. The normalized spacial score (nSPS) is 13.9. The van der Waals surface area contributed by atoms with E-state index in [2.05, 4.69) is 14.7 Å². The molecule has 20 heavy (non-hydrogen) atoms. The predicted molar refractivity (Wildman–Crippen MR) is 79.9 cm³/mol. The van der Waals surface area contributed by atoms with E-state index in [9.17, 15) is 5.11 Å². The summed E-state index contributed by atoms with van der Waals surface area (Å²) in [6, 6.07) is 9.84. The summed E-state index contributed by atoms with van der Waals surface area (Å²) in [6.07, 6.45) is 0.130. The van der Waals surface area contributed by atoms with Crippen molar-refractivity contribution in [3.63, 3.8) is 0 Å². The van der Waals surface area contributed by atoms with Gasteiger partial charge in [-0.05, 0) is 12.5 Å². The van der Waals surface area contributed by atoms with Gasteiger partial charge in [-0.1, -0.05) is 30.3 Å². The highest BCUT2D eigenvalue weighted by Gasteiger charge is 2.16. The summed E-state index contributed by atoms with van der Waals surface area (Å²) < 4.78 is 9.14.